The second-order valence-electron chi connectivity index (χ2n) is 16.4. The molecule has 0 saturated carbocycles. The van der Waals surface area contributed by atoms with Crippen LogP contribution in [0.5, 0.6) is 17.2 Å². The highest BCUT2D eigenvalue weighted by Gasteiger charge is 2.48. The molecular weight excluding hydrogens is 733 g/mol. The summed E-state index contributed by atoms with van der Waals surface area (Å²) in [6, 6.07) is 69.4. The second-order valence-corrected chi connectivity index (χ2v) is 16.4. The fourth-order valence-corrected chi connectivity index (χ4v) is 9.85. The van der Waals surface area contributed by atoms with Gasteiger partial charge in [0.05, 0.1) is 12.5 Å². The molecule has 0 fully saturated rings. The predicted molar refractivity (Wildman–Crippen MR) is 247 cm³/mol. The molecule has 3 nitrogen and oxygen atoms in total. The Morgan fingerprint density at radius 2 is 0.883 bits per heavy atom. The third kappa shape index (κ3) is 5.54. The number of aryl methyl sites for hydroxylation is 1. The van der Waals surface area contributed by atoms with Crippen LogP contribution in [0.15, 0.2) is 194 Å². The zero-order valence-corrected chi connectivity index (χ0v) is 33.7. The van der Waals surface area contributed by atoms with Gasteiger partial charge < -0.3 is 14.6 Å². The minimum absolute atomic E-state index is 0.621. The van der Waals surface area contributed by atoms with Crippen LogP contribution in [-0.4, -0.2) is 12.2 Å². The number of rotatable bonds is 7. The number of ether oxygens (including phenoxy) is 2. The van der Waals surface area contributed by atoms with Crippen molar-refractivity contribution in [2.75, 3.05) is 7.11 Å². The Morgan fingerprint density at radius 1 is 0.433 bits per heavy atom. The van der Waals surface area contributed by atoms with Crippen LogP contribution < -0.4 is 9.47 Å². The molecule has 0 heterocycles. The molecule has 0 aromatic heterocycles. The zero-order chi connectivity index (χ0) is 40.6. The van der Waals surface area contributed by atoms with E-state index < -0.39 is 11.0 Å². The fourth-order valence-electron chi connectivity index (χ4n) is 9.85. The van der Waals surface area contributed by atoms with Gasteiger partial charge >= 0.3 is 0 Å². The standard InChI is InChI=1S/C57H42O3/c1-36-12-13-40-33-45(19-14-39(40)32-36)57(54-50-10-6-4-8-37(50)17-30-52(54)53-31-18-38-9-5-7-11-51(38)55(53)57)46-20-15-42-35-49(25-16-41(42)34-46)60-48-28-23-44(24-29-48)56(2,58)43-21-26-47(59-3)27-22-43/h4-35,58H,1-3H3. The Kier molecular flexibility index (Phi) is 8.20. The molecule has 288 valence electrons. The van der Waals surface area contributed by atoms with E-state index in [1.54, 1.807) is 14.0 Å². The second kappa shape index (κ2) is 13.7. The Balaban J connectivity index is 1.06. The van der Waals surface area contributed by atoms with Gasteiger partial charge in [0.2, 0.25) is 0 Å². The number of aliphatic hydroxyl groups is 1. The first-order valence-corrected chi connectivity index (χ1v) is 20.6. The van der Waals surface area contributed by atoms with Crippen molar-refractivity contribution in [1.29, 1.82) is 0 Å². The SMILES string of the molecule is COc1ccc(C(C)(O)c2ccc(Oc3ccc4cc(C5(c6ccc7cc(C)ccc7c6)c6c(ccc7ccccc67)-c6ccc7ccccc7c65)ccc4c3)cc2)cc1. The van der Waals surface area contributed by atoms with Crippen LogP contribution in [0.25, 0.3) is 54.2 Å². The first-order valence-electron chi connectivity index (χ1n) is 20.6. The molecule has 1 aliphatic rings. The van der Waals surface area contributed by atoms with E-state index in [1.807, 2.05) is 48.5 Å². The van der Waals surface area contributed by atoms with E-state index in [-0.39, 0.29) is 0 Å². The highest BCUT2D eigenvalue weighted by Crippen LogP contribution is 2.60. The number of benzene rings is 10. The summed E-state index contributed by atoms with van der Waals surface area (Å²) >= 11 is 0. The zero-order valence-electron chi connectivity index (χ0n) is 33.7. The van der Waals surface area contributed by atoms with Gasteiger partial charge in [0.25, 0.3) is 0 Å². The first-order chi connectivity index (χ1) is 29.3. The van der Waals surface area contributed by atoms with Crippen LogP contribution in [0, 0.1) is 6.92 Å². The first kappa shape index (κ1) is 35.9. The molecule has 0 spiro atoms. The van der Waals surface area contributed by atoms with Crippen molar-refractivity contribution in [3.63, 3.8) is 0 Å². The van der Waals surface area contributed by atoms with Gasteiger partial charge in [0.15, 0.2) is 0 Å². The van der Waals surface area contributed by atoms with Gasteiger partial charge in [-0.15, -0.1) is 0 Å². The Morgan fingerprint density at radius 3 is 1.45 bits per heavy atom. The summed E-state index contributed by atoms with van der Waals surface area (Å²) in [5.74, 6) is 2.20. The van der Waals surface area contributed by atoms with Gasteiger partial charge in [-0.25, -0.2) is 0 Å². The molecule has 1 N–H and O–H groups in total. The molecule has 0 saturated heterocycles. The van der Waals surface area contributed by atoms with Gasteiger partial charge in [0, 0.05) is 0 Å². The van der Waals surface area contributed by atoms with E-state index in [2.05, 4.69) is 153 Å². The highest BCUT2D eigenvalue weighted by molar-refractivity contribution is 6.07. The van der Waals surface area contributed by atoms with Crippen molar-refractivity contribution in [3.05, 3.63) is 233 Å². The number of hydrogen-bond acceptors (Lipinski definition) is 3. The van der Waals surface area contributed by atoms with Crippen molar-refractivity contribution in [1.82, 2.24) is 0 Å². The lowest BCUT2D eigenvalue weighted by molar-refractivity contribution is 0.102. The van der Waals surface area contributed by atoms with E-state index in [9.17, 15) is 5.11 Å². The fraction of sp³-hybridized carbons (Fsp3) is 0.0877. The van der Waals surface area contributed by atoms with E-state index >= 15 is 0 Å². The summed E-state index contributed by atoms with van der Waals surface area (Å²) in [5, 5.41) is 21.2. The van der Waals surface area contributed by atoms with E-state index in [0.29, 0.717) is 5.75 Å². The molecule has 1 aliphatic carbocycles. The van der Waals surface area contributed by atoms with Crippen molar-refractivity contribution >= 4 is 43.1 Å². The molecule has 0 aliphatic heterocycles. The van der Waals surface area contributed by atoms with Crippen molar-refractivity contribution < 1.29 is 14.6 Å². The van der Waals surface area contributed by atoms with Crippen molar-refractivity contribution in [2.24, 2.45) is 0 Å². The van der Waals surface area contributed by atoms with Crippen LogP contribution in [0.2, 0.25) is 0 Å². The van der Waals surface area contributed by atoms with E-state index in [0.717, 1.165) is 33.4 Å². The minimum atomic E-state index is -1.17. The van der Waals surface area contributed by atoms with Crippen LogP contribution >= 0.6 is 0 Å². The smallest absolute Gasteiger partial charge is 0.128 e. The number of methoxy groups -OCH3 is 1. The summed E-state index contributed by atoms with van der Waals surface area (Å²) in [5.41, 5.74) is 8.70. The Hall–Kier alpha value is -7.20. The van der Waals surface area contributed by atoms with Gasteiger partial charge in [0.1, 0.15) is 22.8 Å². The Labute approximate surface area is 349 Å². The maximum atomic E-state index is 11.5. The molecule has 10 aromatic carbocycles. The lowest BCUT2D eigenvalue weighted by Crippen LogP contribution is -2.29. The average Bonchev–Trinajstić information content (AvgIpc) is 3.61. The van der Waals surface area contributed by atoms with Crippen LogP contribution in [-0.2, 0) is 11.0 Å². The molecule has 1 atom stereocenters. The monoisotopic (exact) mass is 774 g/mol. The van der Waals surface area contributed by atoms with Crippen LogP contribution in [0.1, 0.15) is 45.9 Å². The van der Waals surface area contributed by atoms with Gasteiger partial charge in [-0.1, -0.05) is 151 Å². The lowest BCUT2D eigenvalue weighted by Gasteiger charge is -2.36. The van der Waals surface area contributed by atoms with E-state index in [4.69, 9.17) is 9.47 Å². The number of hydrogen-bond donors (Lipinski definition) is 1. The van der Waals surface area contributed by atoms with Crippen molar-refractivity contribution in [3.8, 4) is 28.4 Å². The molecule has 0 bridgehead atoms. The molecule has 60 heavy (non-hydrogen) atoms. The largest absolute Gasteiger partial charge is 0.497 e. The maximum Gasteiger partial charge on any atom is 0.128 e. The summed E-state index contributed by atoms with van der Waals surface area (Å²) in [6.45, 7) is 3.97. The lowest BCUT2D eigenvalue weighted by atomic mass is 9.65. The molecule has 1 unspecified atom stereocenters. The predicted octanol–water partition coefficient (Wildman–Crippen LogP) is 14.0. The third-order valence-corrected chi connectivity index (χ3v) is 12.9. The molecular formula is C57H42O3. The molecule has 10 aromatic rings. The third-order valence-electron chi connectivity index (χ3n) is 12.9. The molecule has 0 radical (unpaired) electrons. The van der Waals surface area contributed by atoms with Gasteiger partial charge in [-0.3, -0.25) is 0 Å². The van der Waals surface area contributed by atoms with Crippen LogP contribution in [0.4, 0.5) is 0 Å². The summed E-state index contributed by atoms with van der Waals surface area (Å²) in [4.78, 5) is 0. The summed E-state index contributed by atoms with van der Waals surface area (Å²) in [7, 11) is 1.64. The topological polar surface area (TPSA) is 38.7 Å². The molecule has 11 rings (SSSR count). The minimum Gasteiger partial charge on any atom is -0.497 e. The molecule has 0 amide bonds. The van der Waals surface area contributed by atoms with Crippen molar-refractivity contribution in [2.45, 2.75) is 24.9 Å². The normalized spacial score (nSPS) is 13.9. The van der Waals surface area contributed by atoms with Gasteiger partial charge in [-0.2, -0.15) is 0 Å². The number of fused-ring (bicyclic) bond motifs is 9. The average molecular weight is 775 g/mol. The summed E-state index contributed by atoms with van der Waals surface area (Å²) < 4.78 is 11.8. The Bertz CT molecular complexity index is 3220. The summed E-state index contributed by atoms with van der Waals surface area (Å²) in [6.07, 6.45) is 0. The molecule has 3 heteroatoms. The van der Waals surface area contributed by atoms with Gasteiger partial charge in [-0.05, 0) is 150 Å². The quantitative estimate of drug-likeness (QED) is 0.175. The van der Waals surface area contributed by atoms with Crippen LogP contribution in [0.3, 0.4) is 0 Å². The van der Waals surface area contributed by atoms with E-state index in [1.165, 1.54) is 71.3 Å². The highest BCUT2D eigenvalue weighted by atomic mass is 16.5. The maximum absolute atomic E-state index is 11.5.